The maximum absolute atomic E-state index is 13.0. The molecule has 2 N–H and O–H groups in total. The summed E-state index contributed by atoms with van der Waals surface area (Å²) in [6.45, 7) is 0. The highest BCUT2D eigenvalue weighted by Crippen LogP contribution is 2.34. The van der Waals surface area contributed by atoms with Crippen molar-refractivity contribution in [2.75, 3.05) is 0 Å². The standard InChI is InChI=1S/C9H5ClFNO2/c10-9-5(11)3-12-6-1-4(13)2-7(14)8(6)9/h1-3,13-14H. The van der Waals surface area contributed by atoms with Crippen LogP contribution in [0.2, 0.25) is 5.02 Å². The van der Waals surface area contributed by atoms with Crippen LogP contribution in [-0.2, 0) is 0 Å². The molecule has 0 unspecified atom stereocenters. The summed E-state index contributed by atoms with van der Waals surface area (Å²) in [5, 5.41) is 18.4. The third-order valence-electron chi connectivity index (χ3n) is 1.83. The zero-order valence-corrected chi connectivity index (χ0v) is 7.59. The Kier molecular flexibility index (Phi) is 1.93. The SMILES string of the molecule is Oc1cc(O)c2c(Cl)c(F)cnc2c1. The lowest BCUT2D eigenvalue weighted by Gasteiger charge is -2.03. The maximum atomic E-state index is 13.0. The second kappa shape index (κ2) is 2.99. The molecule has 5 heteroatoms. The Morgan fingerprint density at radius 1 is 1.29 bits per heavy atom. The van der Waals surface area contributed by atoms with E-state index in [0.717, 1.165) is 12.3 Å². The first kappa shape index (κ1) is 9.02. The Morgan fingerprint density at radius 2 is 2.00 bits per heavy atom. The van der Waals surface area contributed by atoms with Gasteiger partial charge in [-0.25, -0.2) is 4.39 Å². The Morgan fingerprint density at radius 3 is 2.71 bits per heavy atom. The molecule has 0 saturated heterocycles. The molecule has 2 rings (SSSR count). The lowest BCUT2D eigenvalue weighted by molar-refractivity contribution is 0.454. The van der Waals surface area contributed by atoms with E-state index in [9.17, 15) is 9.50 Å². The van der Waals surface area contributed by atoms with E-state index in [1.54, 1.807) is 0 Å². The monoisotopic (exact) mass is 213 g/mol. The highest BCUT2D eigenvalue weighted by Gasteiger charge is 2.11. The van der Waals surface area contributed by atoms with Crippen LogP contribution in [0, 0.1) is 5.82 Å². The van der Waals surface area contributed by atoms with Gasteiger partial charge >= 0.3 is 0 Å². The second-order valence-corrected chi connectivity index (χ2v) is 3.16. The molecule has 0 aliphatic rings. The Hall–Kier alpha value is -1.55. The minimum atomic E-state index is -0.708. The molecule has 1 aromatic heterocycles. The van der Waals surface area contributed by atoms with Gasteiger partial charge in [0, 0.05) is 12.1 Å². The summed E-state index contributed by atoms with van der Waals surface area (Å²) in [6.07, 6.45) is 0.934. The molecule has 0 fully saturated rings. The van der Waals surface area contributed by atoms with E-state index < -0.39 is 5.82 Å². The van der Waals surface area contributed by atoms with Crippen LogP contribution in [0.4, 0.5) is 4.39 Å². The Bertz CT molecular complexity index is 516. The highest BCUT2D eigenvalue weighted by molar-refractivity contribution is 6.36. The fourth-order valence-corrected chi connectivity index (χ4v) is 1.47. The van der Waals surface area contributed by atoms with E-state index in [2.05, 4.69) is 4.98 Å². The van der Waals surface area contributed by atoms with E-state index in [1.807, 2.05) is 0 Å². The largest absolute Gasteiger partial charge is 0.508 e. The number of hydrogen-bond donors (Lipinski definition) is 2. The number of halogens is 2. The predicted molar refractivity (Wildman–Crippen MR) is 50.0 cm³/mol. The molecule has 0 saturated carbocycles. The fraction of sp³-hybridized carbons (Fsp3) is 0. The number of fused-ring (bicyclic) bond motifs is 1. The summed E-state index contributed by atoms with van der Waals surface area (Å²) in [5.41, 5.74) is 0.244. The van der Waals surface area contributed by atoms with Gasteiger partial charge in [0.15, 0.2) is 5.82 Å². The third-order valence-corrected chi connectivity index (χ3v) is 2.20. The topological polar surface area (TPSA) is 53.4 Å². The van der Waals surface area contributed by atoms with E-state index in [4.69, 9.17) is 16.7 Å². The molecule has 0 aliphatic carbocycles. The van der Waals surface area contributed by atoms with Crippen molar-refractivity contribution >= 4 is 22.5 Å². The fourth-order valence-electron chi connectivity index (χ4n) is 1.23. The summed E-state index contributed by atoms with van der Waals surface area (Å²) in [4.78, 5) is 3.68. The Labute approximate surface area is 83.4 Å². The molecule has 0 bridgehead atoms. The van der Waals surface area contributed by atoms with Gasteiger partial charge in [-0.1, -0.05) is 11.6 Å². The van der Waals surface area contributed by atoms with Crippen molar-refractivity contribution < 1.29 is 14.6 Å². The van der Waals surface area contributed by atoms with E-state index in [-0.39, 0.29) is 27.4 Å². The van der Waals surface area contributed by atoms with Crippen LogP contribution in [0.15, 0.2) is 18.3 Å². The molecule has 0 atom stereocenters. The molecule has 0 aliphatic heterocycles. The average Bonchev–Trinajstić information content (AvgIpc) is 2.10. The van der Waals surface area contributed by atoms with Crippen LogP contribution < -0.4 is 0 Å². The first-order valence-corrected chi connectivity index (χ1v) is 4.13. The number of aromatic hydroxyl groups is 2. The van der Waals surface area contributed by atoms with Gasteiger partial charge in [-0.05, 0) is 0 Å². The van der Waals surface area contributed by atoms with E-state index in [1.165, 1.54) is 6.07 Å². The summed E-state index contributed by atoms with van der Waals surface area (Å²) in [6, 6.07) is 2.37. The molecule has 3 nitrogen and oxygen atoms in total. The Balaban J connectivity index is 2.95. The van der Waals surface area contributed by atoms with Gasteiger partial charge < -0.3 is 10.2 Å². The van der Waals surface area contributed by atoms with Crippen LogP contribution in [0.25, 0.3) is 10.9 Å². The molecule has 72 valence electrons. The number of rotatable bonds is 0. The van der Waals surface area contributed by atoms with E-state index >= 15 is 0 Å². The normalized spacial score (nSPS) is 10.7. The van der Waals surface area contributed by atoms with Gasteiger partial charge in [-0.15, -0.1) is 0 Å². The average molecular weight is 214 g/mol. The van der Waals surface area contributed by atoms with Crippen LogP contribution >= 0.6 is 11.6 Å². The molecule has 1 heterocycles. The molecular weight excluding hydrogens is 209 g/mol. The zero-order chi connectivity index (χ0) is 10.3. The number of hydrogen-bond acceptors (Lipinski definition) is 3. The minimum absolute atomic E-state index is 0.101. The van der Waals surface area contributed by atoms with Crippen LogP contribution in [-0.4, -0.2) is 15.2 Å². The minimum Gasteiger partial charge on any atom is -0.508 e. The number of phenolic OH excluding ortho intramolecular Hbond substituents is 2. The van der Waals surface area contributed by atoms with Crippen molar-refractivity contribution in [1.82, 2.24) is 4.98 Å². The molecule has 14 heavy (non-hydrogen) atoms. The van der Waals surface area contributed by atoms with Crippen molar-refractivity contribution in [3.05, 3.63) is 29.2 Å². The van der Waals surface area contributed by atoms with Gasteiger partial charge in [0.2, 0.25) is 0 Å². The second-order valence-electron chi connectivity index (χ2n) is 2.78. The number of phenols is 2. The molecule has 0 spiro atoms. The van der Waals surface area contributed by atoms with Gasteiger partial charge in [0.05, 0.1) is 22.1 Å². The van der Waals surface area contributed by atoms with Crippen molar-refractivity contribution in [2.24, 2.45) is 0 Å². The van der Waals surface area contributed by atoms with Gasteiger partial charge in [0.1, 0.15) is 11.5 Å². The molecule has 0 radical (unpaired) electrons. The third kappa shape index (κ3) is 1.24. The molecule has 0 amide bonds. The van der Waals surface area contributed by atoms with Gasteiger partial charge in [0.25, 0.3) is 0 Å². The first-order valence-electron chi connectivity index (χ1n) is 3.75. The van der Waals surface area contributed by atoms with Crippen molar-refractivity contribution in [3.63, 3.8) is 0 Å². The summed E-state index contributed by atoms with van der Waals surface area (Å²) >= 11 is 5.63. The van der Waals surface area contributed by atoms with Crippen LogP contribution in [0.5, 0.6) is 11.5 Å². The van der Waals surface area contributed by atoms with Gasteiger partial charge in [-0.3, -0.25) is 4.98 Å². The van der Waals surface area contributed by atoms with Crippen LogP contribution in [0.3, 0.4) is 0 Å². The van der Waals surface area contributed by atoms with Crippen LogP contribution in [0.1, 0.15) is 0 Å². The van der Waals surface area contributed by atoms with Crippen molar-refractivity contribution in [1.29, 1.82) is 0 Å². The predicted octanol–water partition coefficient (Wildman–Crippen LogP) is 2.44. The summed E-state index contributed by atoms with van der Waals surface area (Å²) in [5.74, 6) is -1.15. The first-order chi connectivity index (χ1) is 6.59. The summed E-state index contributed by atoms with van der Waals surface area (Å²) in [7, 11) is 0. The number of aromatic nitrogens is 1. The molecule has 2 aromatic rings. The lowest BCUT2D eigenvalue weighted by Crippen LogP contribution is -1.85. The smallest absolute Gasteiger partial charge is 0.160 e. The highest BCUT2D eigenvalue weighted by atomic mass is 35.5. The van der Waals surface area contributed by atoms with Gasteiger partial charge in [-0.2, -0.15) is 0 Å². The lowest BCUT2D eigenvalue weighted by atomic mass is 10.2. The van der Waals surface area contributed by atoms with E-state index in [0.29, 0.717) is 0 Å². The number of benzene rings is 1. The molecular formula is C9H5ClFNO2. The summed E-state index contributed by atoms with van der Waals surface area (Å²) < 4.78 is 13.0. The quantitative estimate of drug-likeness (QED) is 0.707. The zero-order valence-electron chi connectivity index (χ0n) is 6.83. The van der Waals surface area contributed by atoms with Crippen molar-refractivity contribution in [3.8, 4) is 11.5 Å². The maximum Gasteiger partial charge on any atom is 0.160 e. The number of pyridine rings is 1. The number of nitrogens with zero attached hydrogens (tertiary/aromatic N) is 1. The molecule has 1 aromatic carbocycles. The van der Waals surface area contributed by atoms with Crippen molar-refractivity contribution in [2.45, 2.75) is 0 Å².